The average molecular weight is 446 g/mol. The molecule has 0 aromatic heterocycles. The van der Waals surface area contributed by atoms with Crippen LogP contribution >= 0.6 is 11.6 Å². The van der Waals surface area contributed by atoms with Gasteiger partial charge in [-0.2, -0.15) is 0 Å². The lowest BCUT2D eigenvalue weighted by molar-refractivity contribution is -0.114. The van der Waals surface area contributed by atoms with E-state index in [2.05, 4.69) is 5.32 Å². The maximum absolute atomic E-state index is 12.4. The number of hydrogen-bond acceptors (Lipinski definition) is 5. The van der Waals surface area contributed by atoms with Crippen LogP contribution in [0.25, 0.3) is 0 Å². The second kappa shape index (κ2) is 8.38. The van der Waals surface area contributed by atoms with E-state index in [-0.39, 0.29) is 0 Å². The Morgan fingerprint density at radius 3 is 2.11 bits per heavy atom. The molecule has 0 spiro atoms. The van der Waals surface area contributed by atoms with E-state index in [1.54, 1.807) is 18.2 Å². The first-order valence-corrected chi connectivity index (χ1v) is 12.0. The van der Waals surface area contributed by atoms with Crippen molar-refractivity contribution in [3.05, 3.63) is 53.6 Å². The second-order valence-corrected chi connectivity index (χ2v) is 10.4. The molecule has 1 amide bonds. The molecular weight excluding hydrogens is 426 g/mol. The zero-order chi connectivity index (χ0) is 21.1. The van der Waals surface area contributed by atoms with Gasteiger partial charge in [0.15, 0.2) is 0 Å². The van der Waals surface area contributed by atoms with E-state index in [1.807, 2.05) is 0 Å². The summed E-state index contributed by atoms with van der Waals surface area (Å²) in [5.74, 6) is -0.584. The van der Waals surface area contributed by atoms with Gasteiger partial charge in [0.25, 0.3) is 0 Å². The molecule has 0 fully saturated rings. The summed E-state index contributed by atoms with van der Waals surface area (Å²) in [5.41, 5.74) is 0.994. The zero-order valence-electron chi connectivity index (χ0n) is 15.5. The standard InChI is InChI=1S/C17H20ClN3O5S2/c1-20(27(2,23)24)16-6-4-5-14(11-16)19-17(22)12-21(28(3,25)26)15-9-7-13(18)8-10-15/h4-11H,12H2,1-3H3,(H,19,22). The van der Waals surface area contributed by atoms with Crippen LogP contribution in [0.2, 0.25) is 5.02 Å². The van der Waals surface area contributed by atoms with E-state index in [0.717, 1.165) is 21.1 Å². The summed E-state index contributed by atoms with van der Waals surface area (Å²) in [6.45, 7) is -0.452. The maximum Gasteiger partial charge on any atom is 0.245 e. The molecule has 0 heterocycles. The minimum atomic E-state index is -3.72. The van der Waals surface area contributed by atoms with Crippen molar-refractivity contribution in [2.24, 2.45) is 0 Å². The van der Waals surface area contributed by atoms with E-state index in [4.69, 9.17) is 11.6 Å². The summed E-state index contributed by atoms with van der Waals surface area (Å²) in [5, 5.41) is 3.02. The second-order valence-electron chi connectivity index (χ2n) is 6.08. The summed E-state index contributed by atoms with van der Waals surface area (Å²) in [6, 6.07) is 12.3. The van der Waals surface area contributed by atoms with Crippen LogP contribution in [0.3, 0.4) is 0 Å². The molecule has 11 heteroatoms. The smallest absolute Gasteiger partial charge is 0.245 e. The molecule has 2 aromatic rings. The third-order valence-corrected chi connectivity index (χ3v) is 6.39. The fourth-order valence-electron chi connectivity index (χ4n) is 2.31. The number of benzene rings is 2. The largest absolute Gasteiger partial charge is 0.324 e. The van der Waals surface area contributed by atoms with Gasteiger partial charge in [0, 0.05) is 17.8 Å². The molecule has 8 nitrogen and oxygen atoms in total. The first-order chi connectivity index (χ1) is 12.9. The van der Waals surface area contributed by atoms with Crippen LogP contribution in [-0.4, -0.2) is 48.8 Å². The molecule has 0 unspecified atom stereocenters. The number of nitrogens with zero attached hydrogens (tertiary/aromatic N) is 2. The van der Waals surface area contributed by atoms with Crippen LogP contribution in [-0.2, 0) is 24.8 Å². The SMILES string of the molecule is CN(c1cccc(NC(=O)CN(c2ccc(Cl)cc2)S(C)(=O)=O)c1)S(C)(=O)=O. The lowest BCUT2D eigenvalue weighted by atomic mass is 10.2. The third kappa shape index (κ3) is 5.85. The number of nitrogens with one attached hydrogen (secondary N) is 1. The topological polar surface area (TPSA) is 104 Å². The van der Waals surface area contributed by atoms with Gasteiger partial charge in [-0.25, -0.2) is 16.8 Å². The summed E-state index contributed by atoms with van der Waals surface area (Å²) in [7, 11) is -5.78. The molecule has 0 atom stereocenters. The van der Waals surface area contributed by atoms with Crippen LogP contribution in [0.4, 0.5) is 17.1 Å². The molecule has 0 saturated carbocycles. The predicted molar refractivity (Wildman–Crippen MR) is 112 cm³/mol. The Bertz CT molecular complexity index is 1070. The van der Waals surface area contributed by atoms with Crippen molar-refractivity contribution in [2.75, 3.05) is 40.0 Å². The van der Waals surface area contributed by atoms with Crippen LogP contribution in [0.1, 0.15) is 0 Å². The Hall–Kier alpha value is -2.30. The summed E-state index contributed by atoms with van der Waals surface area (Å²) >= 11 is 5.82. The highest BCUT2D eigenvalue weighted by atomic mass is 35.5. The zero-order valence-corrected chi connectivity index (χ0v) is 17.8. The van der Waals surface area contributed by atoms with E-state index in [0.29, 0.717) is 22.1 Å². The Balaban J connectivity index is 2.21. The number of sulfonamides is 2. The minimum Gasteiger partial charge on any atom is -0.324 e. The van der Waals surface area contributed by atoms with Crippen LogP contribution in [0, 0.1) is 0 Å². The average Bonchev–Trinajstić information content (AvgIpc) is 2.58. The molecule has 1 N–H and O–H groups in total. The van der Waals surface area contributed by atoms with Crippen molar-refractivity contribution < 1.29 is 21.6 Å². The summed E-state index contributed by atoms with van der Waals surface area (Å²) in [4.78, 5) is 12.4. The van der Waals surface area contributed by atoms with E-state index in [9.17, 15) is 21.6 Å². The Morgan fingerprint density at radius 1 is 0.964 bits per heavy atom. The highest BCUT2D eigenvalue weighted by Crippen LogP contribution is 2.22. The van der Waals surface area contributed by atoms with Crippen LogP contribution in [0.15, 0.2) is 48.5 Å². The lowest BCUT2D eigenvalue weighted by Crippen LogP contribution is -2.37. The number of rotatable bonds is 7. The first-order valence-electron chi connectivity index (χ1n) is 7.95. The fraction of sp³-hybridized carbons (Fsp3) is 0.235. The van der Waals surface area contributed by atoms with Gasteiger partial charge in [0.1, 0.15) is 6.54 Å². The molecule has 0 radical (unpaired) electrons. The highest BCUT2D eigenvalue weighted by molar-refractivity contribution is 7.92. The van der Waals surface area contributed by atoms with Crippen molar-refractivity contribution >= 4 is 54.6 Å². The lowest BCUT2D eigenvalue weighted by Gasteiger charge is -2.22. The van der Waals surface area contributed by atoms with E-state index >= 15 is 0 Å². The van der Waals surface area contributed by atoms with Gasteiger partial charge in [0.2, 0.25) is 26.0 Å². The molecular formula is C17H20ClN3O5S2. The molecule has 152 valence electrons. The minimum absolute atomic E-state index is 0.299. The Morgan fingerprint density at radius 2 is 1.57 bits per heavy atom. The predicted octanol–water partition coefficient (Wildman–Crippen LogP) is 2.14. The van der Waals surface area contributed by atoms with Gasteiger partial charge in [-0.3, -0.25) is 13.4 Å². The van der Waals surface area contributed by atoms with Gasteiger partial charge in [-0.05, 0) is 42.5 Å². The molecule has 0 aliphatic carbocycles. The van der Waals surface area contributed by atoms with Crippen molar-refractivity contribution in [3.8, 4) is 0 Å². The van der Waals surface area contributed by atoms with Gasteiger partial charge >= 0.3 is 0 Å². The summed E-state index contributed by atoms with van der Waals surface area (Å²) < 4.78 is 49.5. The normalized spacial score (nSPS) is 11.7. The maximum atomic E-state index is 12.4. The van der Waals surface area contributed by atoms with Gasteiger partial charge < -0.3 is 5.32 Å². The molecule has 28 heavy (non-hydrogen) atoms. The Labute approximate surface area is 169 Å². The Kier molecular flexibility index (Phi) is 6.58. The van der Waals surface area contributed by atoms with Crippen molar-refractivity contribution in [3.63, 3.8) is 0 Å². The number of amides is 1. The number of carbonyl (C=O) groups excluding carboxylic acids is 1. The fourth-order valence-corrected chi connectivity index (χ4v) is 3.79. The number of anilines is 3. The molecule has 0 aliphatic heterocycles. The number of hydrogen-bond donors (Lipinski definition) is 1. The molecule has 2 aromatic carbocycles. The van der Waals surface area contributed by atoms with Gasteiger partial charge in [0.05, 0.1) is 23.9 Å². The van der Waals surface area contributed by atoms with Crippen LogP contribution < -0.4 is 13.9 Å². The molecule has 0 aliphatic rings. The van der Waals surface area contributed by atoms with Gasteiger partial charge in [-0.1, -0.05) is 17.7 Å². The van der Waals surface area contributed by atoms with Crippen molar-refractivity contribution in [1.29, 1.82) is 0 Å². The van der Waals surface area contributed by atoms with Crippen LogP contribution in [0.5, 0.6) is 0 Å². The third-order valence-electron chi connectivity index (χ3n) is 3.79. The quantitative estimate of drug-likeness (QED) is 0.703. The molecule has 0 saturated heterocycles. The highest BCUT2D eigenvalue weighted by Gasteiger charge is 2.21. The van der Waals surface area contributed by atoms with Gasteiger partial charge in [-0.15, -0.1) is 0 Å². The molecule has 2 rings (SSSR count). The monoisotopic (exact) mass is 445 g/mol. The van der Waals surface area contributed by atoms with E-state index < -0.39 is 32.5 Å². The first kappa shape index (κ1) is 22.0. The summed E-state index contributed by atoms with van der Waals surface area (Å²) in [6.07, 6.45) is 2.06. The number of halogens is 1. The van der Waals surface area contributed by atoms with Crippen molar-refractivity contribution in [1.82, 2.24) is 0 Å². The molecule has 0 bridgehead atoms. The number of carbonyl (C=O) groups is 1. The van der Waals surface area contributed by atoms with Crippen molar-refractivity contribution in [2.45, 2.75) is 0 Å². The van der Waals surface area contributed by atoms with E-state index in [1.165, 1.54) is 37.4 Å².